The second kappa shape index (κ2) is 10.7. The Morgan fingerprint density at radius 2 is 1.68 bits per heavy atom. The molecule has 0 aromatic carbocycles. The summed E-state index contributed by atoms with van der Waals surface area (Å²) >= 11 is 0. The maximum absolute atomic E-state index is 10.8. The highest BCUT2D eigenvalue weighted by atomic mass is 16.6. The Hall–Kier alpha value is -2.53. The van der Waals surface area contributed by atoms with Crippen LogP contribution in [0.3, 0.4) is 0 Å². The van der Waals surface area contributed by atoms with Crippen LogP contribution in [0.25, 0.3) is 0 Å². The molecule has 11 nitrogen and oxygen atoms in total. The van der Waals surface area contributed by atoms with E-state index in [9.17, 15) is 15.3 Å². The first-order valence-electron chi connectivity index (χ1n) is 10.4. The van der Waals surface area contributed by atoms with Crippen LogP contribution in [0.5, 0.6) is 0 Å². The summed E-state index contributed by atoms with van der Waals surface area (Å²) in [7, 11) is 0. The zero-order valence-electron chi connectivity index (χ0n) is 19.6. The summed E-state index contributed by atoms with van der Waals surface area (Å²) in [6.07, 6.45) is 4.47. The summed E-state index contributed by atoms with van der Waals surface area (Å²) in [5.41, 5.74) is -0.170. The fourth-order valence-corrected chi connectivity index (χ4v) is 3.04. The topological polar surface area (TPSA) is 150 Å². The van der Waals surface area contributed by atoms with E-state index in [4.69, 9.17) is 5.21 Å². The highest BCUT2D eigenvalue weighted by molar-refractivity contribution is 5.92. The van der Waals surface area contributed by atoms with Gasteiger partial charge >= 0.3 is 5.82 Å². The van der Waals surface area contributed by atoms with Gasteiger partial charge < -0.3 is 35.7 Å². The van der Waals surface area contributed by atoms with Gasteiger partial charge in [-0.1, -0.05) is 24.2 Å². The molecule has 1 aromatic heterocycles. The van der Waals surface area contributed by atoms with Crippen molar-refractivity contribution in [3.63, 3.8) is 0 Å². The van der Waals surface area contributed by atoms with Gasteiger partial charge in [-0.05, 0) is 62.8 Å². The molecule has 0 aliphatic rings. The van der Waals surface area contributed by atoms with Gasteiger partial charge in [0.25, 0.3) is 0 Å². The largest absolute Gasteiger partial charge is 0.411 e. The number of nitrogens with zero attached hydrogens (tertiary/aromatic N) is 5. The molecule has 0 aliphatic carbocycles. The van der Waals surface area contributed by atoms with Crippen LogP contribution >= 0.6 is 0 Å². The van der Waals surface area contributed by atoms with E-state index in [1.807, 2.05) is 27.7 Å². The van der Waals surface area contributed by atoms with Crippen molar-refractivity contribution in [2.24, 2.45) is 15.7 Å². The molecule has 0 fully saturated rings. The van der Waals surface area contributed by atoms with Crippen molar-refractivity contribution in [2.45, 2.75) is 78.9 Å². The van der Waals surface area contributed by atoms with Gasteiger partial charge in [0.2, 0.25) is 6.33 Å². The molecule has 0 aliphatic heterocycles. The zero-order valence-corrected chi connectivity index (χ0v) is 19.6. The monoisotopic (exact) mass is 439 g/mol. The van der Waals surface area contributed by atoms with Crippen LogP contribution in [-0.4, -0.2) is 60.5 Å². The van der Waals surface area contributed by atoms with E-state index < -0.39 is 16.0 Å². The molecular weight excluding hydrogens is 402 g/mol. The van der Waals surface area contributed by atoms with Gasteiger partial charge in [-0.2, -0.15) is 0 Å². The summed E-state index contributed by atoms with van der Waals surface area (Å²) in [5.74, 6) is -0.255. The van der Waals surface area contributed by atoms with Crippen LogP contribution < -0.4 is 10.6 Å². The molecule has 11 heteroatoms. The lowest BCUT2D eigenvalue weighted by atomic mass is 9.80. The fraction of sp³-hybridized carbons (Fsp3) is 0.750. The normalized spacial score (nSPS) is 14.2. The van der Waals surface area contributed by atoms with Gasteiger partial charge in [-0.25, -0.2) is 0 Å². The molecule has 31 heavy (non-hydrogen) atoms. The van der Waals surface area contributed by atoms with Crippen molar-refractivity contribution in [1.29, 1.82) is 0 Å². The van der Waals surface area contributed by atoms with Crippen molar-refractivity contribution in [2.75, 3.05) is 13.1 Å². The highest BCUT2D eigenvalue weighted by Crippen LogP contribution is 2.27. The Labute approximate surface area is 183 Å². The third-order valence-electron chi connectivity index (χ3n) is 6.35. The maximum atomic E-state index is 10.8. The lowest BCUT2D eigenvalue weighted by Gasteiger charge is -2.39. The van der Waals surface area contributed by atoms with Gasteiger partial charge in [0, 0.05) is 13.1 Å². The Morgan fingerprint density at radius 1 is 1.13 bits per heavy atom. The van der Waals surface area contributed by atoms with Crippen molar-refractivity contribution in [3.05, 3.63) is 22.6 Å². The fourth-order valence-electron chi connectivity index (χ4n) is 3.04. The lowest BCUT2D eigenvalue weighted by Crippen LogP contribution is -2.56. The summed E-state index contributed by atoms with van der Waals surface area (Å²) in [4.78, 5) is 14.0. The summed E-state index contributed by atoms with van der Waals surface area (Å²) in [6, 6.07) is 0. The van der Waals surface area contributed by atoms with E-state index in [2.05, 4.69) is 39.8 Å². The van der Waals surface area contributed by atoms with Crippen LogP contribution in [0.1, 0.15) is 61.3 Å². The predicted molar refractivity (Wildman–Crippen MR) is 120 cm³/mol. The third-order valence-corrected chi connectivity index (χ3v) is 6.35. The summed E-state index contributed by atoms with van der Waals surface area (Å²) < 4.78 is 1.52. The van der Waals surface area contributed by atoms with Gasteiger partial charge in [0.1, 0.15) is 6.20 Å². The Morgan fingerprint density at radius 3 is 2.10 bits per heavy atom. The second-order valence-electron chi connectivity index (χ2n) is 9.06. The maximum Gasteiger partial charge on any atom is 0.381 e. The van der Waals surface area contributed by atoms with Crippen molar-refractivity contribution in [1.82, 2.24) is 20.2 Å². The van der Waals surface area contributed by atoms with E-state index in [0.717, 1.165) is 12.8 Å². The molecule has 1 rings (SSSR count). The number of nitro groups is 1. The average molecular weight is 440 g/mol. The average Bonchev–Trinajstić information content (AvgIpc) is 3.21. The summed E-state index contributed by atoms with van der Waals surface area (Å²) in [6.45, 7) is 15.3. The van der Waals surface area contributed by atoms with E-state index in [0.29, 0.717) is 24.5 Å². The van der Waals surface area contributed by atoms with E-state index in [-0.39, 0.29) is 17.8 Å². The van der Waals surface area contributed by atoms with Crippen LogP contribution in [0.4, 0.5) is 5.82 Å². The second-order valence-corrected chi connectivity index (χ2v) is 9.06. The number of oxime groups is 2. The first-order valence-corrected chi connectivity index (χ1v) is 10.4. The lowest BCUT2D eigenvalue weighted by molar-refractivity contribution is -0.389. The molecule has 0 saturated heterocycles. The molecule has 0 bridgehead atoms. The van der Waals surface area contributed by atoms with Gasteiger partial charge in [0.05, 0.1) is 29.0 Å². The summed E-state index contributed by atoms with van der Waals surface area (Å²) in [5, 5.41) is 43.4. The third kappa shape index (κ3) is 7.00. The first kappa shape index (κ1) is 26.5. The number of nitrogens with one attached hydrogen (secondary N) is 2. The standard InChI is InChI=1S/C20H37N7O4/c1-8-20(9-2,12-22-18(4,5)15(3)24-28)13-23-19(6,7)16(25-29)10-26-11-17(21-14-26)27(30)31/h11,14,22-23,28-29H,8-10,12-13H2,1-7H3. The van der Waals surface area contributed by atoms with Crippen LogP contribution in [0.15, 0.2) is 22.8 Å². The molecule has 1 heterocycles. The molecule has 0 saturated carbocycles. The molecule has 0 spiro atoms. The van der Waals surface area contributed by atoms with Crippen LogP contribution in [0, 0.1) is 15.5 Å². The van der Waals surface area contributed by atoms with Gasteiger partial charge in [0.15, 0.2) is 0 Å². The SMILES string of the molecule is CCC(CC)(CNC(C)(C)C(C)=NO)CNC(C)(C)C(Cn1cnc([N+](=O)[O-])c1)=NO. The number of rotatable bonds is 13. The first-order chi connectivity index (χ1) is 14.4. The number of hydrogen-bond donors (Lipinski definition) is 4. The van der Waals surface area contributed by atoms with E-state index in [1.54, 1.807) is 6.92 Å². The Bertz CT molecular complexity index is 795. The predicted octanol–water partition coefficient (Wildman–Crippen LogP) is 3.01. The van der Waals surface area contributed by atoms with Crippen molar-refractivity contribution >= 4 is 17.2 Å². The number of aromatic nitrogens is 2. The van der Waals surface area contributed by atoms with Crippen molar-refractivity contribution in [3.8, 4) is 0 Å². The Kier molecular flexibility index (Phi) is 9.12. The van der Waals surface area contributed by atoms with E-state index in [1.165, 1.54) is 17.1 Å². The van der Waals surface area contributed by atoms with Gasteiger partial charge in [-0.3, -0.25) is 0 Å². The van der Waals surface area contributed by atoms with Crippen molar-refractivity contribution < 1.29 is 15.3 Å². The smallest absolute Gasteiger partial charge is 0.381 e. The molecule has 4 N–H and O–H groups in total. The minimum absolute atomic E-state index is 0.0847. The van der Waals surface area contributed by atoms with Crippen LogP contribution in [-0.2, 0) is 6.54 Å². The highest BCUT2D eigenvalue weighted by Gasteiger charge is 2.34. The molecule has 176 valence electrons. The number of hydrogen-bond acceptors (Lipinski definition) is 9. The zero-order chi connectivity index (χ0) is 23.9. The Balaban J connectivity index is 2.90. The minimum atomic E-state index is -0.665. The molecule has 1 aromatic rings. The van der Waals surface area contributed by atoms with Gasteiger partial charge in [-0.15, -0.1) is 0 Å². The minimum Gasteiger partial charge on any atom is -0.411 e. The molecular formula is C20H37N7O4. The molecule has 0 unspecified atom stereocenters. The number of imidazole rings is 1. The van der Waals surface area contributed by atoms with Crippen LogP contribution in [0.2, 0.25) is 0 Å². The molecule has 0 amide bonds. The molecule has 0 atom stereocenters. The quantitative estimate of drug-likeness (QED) is 0.160. The molecule has 0 radical (unpaired) electrons. The van der Waals surface area contributed by atoms with E-state index >= 15 is 0 Å².